The van der Waals surface area contributed by atoms with Gasteiger partial charge in [-0.15, -0.1) is 0 Å². The molecular formula is C48H31N7. The first kappa shape index (κ1) is 32.0. The number of fused-ring (bicyclic) bond motifs is 3. The summed E-state index contributed by atoms with van der Waals surface area (Å²) in [5.74, 6) is 1.30. The van der Waals surface area contributed by atoms with Crippen LogP contribution in [-0.2, 0) is 0 Å². The zero-order valence-corrected chi connectivity index (χ0v) is 29.5. The van der Waals surface area contributed by atoms with Gasteiger partial charge in [-0.05, 0) is 72.8 Å². The Bertz CT molecular complexity index is 2650. The number of pyridine rings is 2. The van der Waals surface area contributed by atoms with Crippen LogP contribution >= 0.6 is 0 Å². The fourth-order valence-electron chi connectivity index (χ4n) is 7.11. The molecule has 0 fully saturated rings. The molecule has 7 heteroatoms. The number of hydrogen-bond acceptors (Lipinski definition) is 6. The molecule has 5 heterocycles. The molecular weight excluding hydrogens is 675 g/mol. The Kier molecular flexibility index (Phi) is 8.00. The normalized spacial score (nSPS) is 11.3. The van der Waals surface area contributed by atoms with Crippen LogP contribution in [-0.4, -0.2) is 34.5 Å². The summed E-state index contributed by atoms with van der Waals surface area (Å²) in [6.45, 7) is 0. The maximum atomic E-state index is 5.12. The summed E-state index contributed by atoms with van der Waals surface area (Å²) in [6.07, 6.45) is 3.59. The standard InChI is InChI=1S/C48H31N7/c1-4-14-32(15-5-1)47-51-41(30-43(53-47)39-20-10-12-26-49-39)34-22-24-45-37(28-34)38-29-35(23-25-46(38)55(45)36-18-8-3-9-19-36)42-31-44(40-21-11-13-27-50-40)54-48(52-42)33-16-6-2-7-17-33/h1-31H. The van der Waals surface area contributed by atoms with Crippen molar-refractivity contribution in [1.82, 2.24) is 34.5 Å². The van der Waals surface area contributed by atoms with E-state index < -0.39 is 0 Å². The molecule has 0 amide bonds. The van der Waals surface area contributed by atoms with Crippen LogP contribution in [0.3, 0.4) is 0 Å². The minimum Gasteiger partial charge on any atom is -0.309 e. The molecule has 0 radical (unpaired) electrons. The van der Waals surface area contributed by atoms with Gasteiger partial charge < -0.3 is 4.57 Å². The molecule has 0 unspecified atom stereocenters. The van der Waals surface area contributed by atoms with E-state index in [9.17, 15) is 0 Å². The van der Waals surface area contributed by atoms with Crippen LogP contribution in [0.5, 0.6) is 0 Å². The second-order valence-corrected chi connectivity index (χ2v) is 13.2. The van der Waals surface area contributed by atoms with E-state index in [1.165, 1.54) is 0 Å². The predicted molar refractivity (Wildman–Crippen MR) is 220 cm³/mol. The third-order valence-corrected chi connectivity index (χ3v) is 9.74. The van der Waals surface area contributed by atoms with Gasteiger partial charge in [0.25, 0.3) is 0 Å². The summed E-state index contributed by atoms with van der Waals surface area (Å²) < 4.78 is 2.32. The topological polar surface area (TPSA) is 82.3 Å². The minimum absolute atomic E-state index is 0.648. The summed E-state index contributed by atoms with van der Waals surface area (Å²) in [6, 6.07) is 59.7. The lowest BCUT2D eigenvalue weighted by Gasteiger charge is -2.10. The zero-order chi connectivity index (χ0) is 36.6. The number of benzene rings is 5. The van der Waals surface area contributed by atoms with Gasteiger partial charge in [-0.3, -0.25) is 9.97 Å². The van der Waals surface area contributed by atoms with Gasteiger partial charge in [0.05, 0.1) is 45.2 Å². The number of nitrogens with zero attached hydrogens (tertiary/aromatic N) is 7. The van der Waals surface area contributed by atoms with Gasteiger partial charge >= 0.3 is 0 Å². The monoisotopic (exact) mass is 705 g/mol. The van der Waals surface area contributed by atoms with Crippen LogP contribution in [0, 0.1) is 0 Å². The first-order valence-corrected chi connectivity index (χ1v) is 18.1. The van der Waals surface area contributed by atoms with Crippen molar-refractivity contribution in [3.8, 4) is 73.8 Å². The summed E-state index contributed by atoms with van der Waals surface area (Å²) >= 11 is 0. The average molecular weight is 706 g/mol. The van der Waals surface area contributed by atoms with Crippen molar-refractivity contribution in [2.75, 3.05) is 0 Å². The van der Waals surface area contributed by atoms with Crippen LogP contribution in [0.4, 0.5) is 0 Å². The van der Waals surface area contributed by atoms with E-state index in [4.69, 9.17) is 19.9 Å². The van der Waals surface area contributed by atoms with Gasteiger partial charge in [-0.1, -0.05) is 103 Å². The maximum Gasteiger partial charge on any atom is 0.160 e. The second kappa shape index (κ2) is 13.7. The molecule has 0 spiro atoms. The highest BCUT2D eigenvalue weighted by molar-refractivity contribution is 6.11. The van der Waals surface area contributed by atoms with Crippen LogP contribution in [0.2, 0.25) is 0 Å². The van der Waals surface area contributed by atoms with Gasteiger partial charge in [-0.2, -0.15) is 0 Å². The van der Waals surface area contributed by atoms with Crippen LogP contribution in [0.1, 0.15) is 0 Å². The molecule has 258 valence electrons. The molecule has 10 rings (SSSR count). The van der Waals surface area contributed by atoms with E-state index in [-0.39, 0.29) is 0 Å². The van der Waals surface area contributed by atoms with Crippen molar-refractivity contribution in [1.29, 1.82) is 0 Å². The van der Waals surface area contributed by atoms with Crippen LogP contribution < -0.4 is 0 Å². The summed E-state index contributed by atoms with van der Waals surface area (Å²) in [5, 5.41) is 2.19. The third kappa shape index (κ3) is 6.09. The van der Waals surface area contributed by atoms with Gasteiger partial charge in [0.2, 0.25) is 0 Å². The Morgan fingerprint density at radius 1 is 0.309 bits per heavy atom. The molecule has 10 aromatic rings. The van der Waals surface area contributed by atoms with Crippen molar-refractivity contribution < 1.29 is 0 Å². The summed E-state index contributed by atoms with van der Waals surface area (Å²) in [5.41, 5.74) is 11.8. The summed E-state index contributed by atoms with van der Waals surface area (Å²) in [4.78, 5) is 29.4. The van der Waals surface area contributed by atoms with Crippen molar-refractivity contribution >= 4 is 21.8 Å². The molecule has 0 aliphatic heterocycles. The Morgan fingerprint density at radius 3 is 1.16 bits per heavy atom. The fraction of sp³-hybridized carbons (Fsp3) is 0. The van der Waals surface area contributed by atoms with E-state index in [0.717, 1.165) is 83.9 Å². The Labute approximate surface area is 317 Å². The van der Waals surface area contributed by atoms with E-state index >= 15 is 0 Å². The highest BCUT2D eigenvalue weighted by atomic mass is 15.0. The van der Waals surface area contributed by atoms with Gasteiger partial charge in [-0.25, -0.2) is 19.9 Å². The van der Waals surface area contributed by atoms with E-state index in [1.54, 1.807) is 12.4 Å². The number of aromatic nitrogens is 7. The van der Waals surface area contributed by atoms with E-state index in [1.807, 2.05) is 115 Å². The van der Waals surface area contributed by atoms with E-state index in [0.29, 0.717) is 11.6 Å². The fourth-order valence-corrected chi connectivity index (χ4v) is 7.11. The van der Waals surface area contributed by atoms with Gasteiger partial charge in [0.1, 0.15) is 0 Å². The summed E-state index contributed by atoms with van der Waals surface area (Å²) in [7, 11) is 0. The average Bonchev–Trinajstić information content (AvgIpc) is 3.60. The first-order valence-electron chi connectivity index (χ1n) is 18.1. The number of hydrogen-bond donors (Lipinski definition) is 0. The lowest BCUT2D eigenvalue weighted by molar-refractivity contribution is 1.16. The molecule has 7 nitrogen and oxygen atoms in total. The Hall–Kier alpha value is -7.64. The second-order valence-electron chi connectivity index (χ2n) is 13.2. The first-order chi connectivity index (χ1) is 27.2. The smallest absolute Gasteiger partial charge is 0.160 e. The highest BCUT2D eigenvalue weighted by Gasteiger charge is 2.18. The van der Waals surface area contributed by atoms with Crippen LogP contribution in [0.15, 0.2) is 188 Å². The van der Waals surface area contributed by atoms with Crippen LogP contribution in [0.25, 0.3) is 95.6 Å². The molecule has 0 aliphatic rings. The SMILES string of the molecule is c1ccc(-c2nc(-c3ccc4c(c3)c3cc(-c5cc(-c6ccccn6)nc(-c6ccccc6)n5)ccc3n4-c3ccccc3)cc(-c3ccccn3)n2)cc1. The number of rotatable bonds is 7. The predicted octanol–water partition coefficient (Wildman–Crippen LogP) is 11.2. The van der Waals surface area contributed by atoms with Gasteiger partial charge in [0, 0.05) is 51.1 Å². The molecule has 55 heavy (non-hydrogen) atoms. The van der Waals surface area contributed by atoms with Gasteiger partial charge in [0.15, 0.2) is 11.6 Å². The maximum absolute atomic E-state index is 5.12. The highest BCUT2D eigenvalue weighted by Crippen LogP contribution is 2.38. The molecule has 0 saturated carbocycles. The zero-order valence-electron chi connectivity index (χ0n) is 29.5. The molecule has 0 atom stereocenters. The number of para-hydroxylation sites is 1. The molecule has 0 saturated heterocycles. The Morgan fingerprint density at radius 2 is 0.727 bits per heavy atom. The minimum atomic E-state index is 0.648. The molecule has 0 bridgehead atoms. The molecule has 5 aromatic heterocycles. The van der Waals surface area contributed by atoms with Crippen molar-refractivity contribution in [2.24, 2.45) is 0 Å². The molecule has 0 N–H and O–H groups in total. The molecule has 5 aromatic carbocycles. The lowest BCUT2D eigenvalue weighted by atomic mass is 10.0. The molecule has 0 aliphatic carbocycles. The van der Waals surface area contributed by atoms with Crippen molar-refractivity contribution in [2.45, 2.75) is 0 Å². The van der Waals surface area contributed by atoms with Crippen molar-refractivity contribution in [3.05, 3.63) is 188 Å². The largest absolute Gasteiger partial charge is 0.309 e. The van der Waals surface area contributed by atoms with E-state index in [2.05, 4.69) is 75.2 Å². The quantitative estimate of drug-likeness (QED) is 0.164. The lowest BCUT2D eigenvalue weighted by Crippen LogP contribution is -1.97. The van der Waals surface area contributed by atoms with Crippen molar-refractivity contribution in [3.63, 3.8) is 0 Å². The Balaban J connectivity index is 1.19. The third-order valence-electron chi connectivity index (χ3n) is 9.74.